The molecule has 1 aliphatic rings. The number of carbonyl (C=O) groups is 1. The minimum absolute atomic E-state index is 0.0129. The summed E-state index contributed by atoms with van der Waals surface area (Å²) >= 11 is 7.87. The van der Waals surface area contributed by atoms with Gasteiger partial charge in [-0.2, -0.15) is 13.5 Å². The topological polar surface area (TPSA) is 97.2 Å². The molecule has 0 bridgehead atoms. The molecule has 0 spiro atoms. The Morgan fingerprint density at radius 3 is 2.81 bits per heavy atom. The molecule has 1 N–H and O–H groups in total. The molecule has 2 aromatic carbocycles. The normalized spacial score (nSPS) is 18.0. The number of hydrogen-bond donors (Lipinski definition) is 1. The van der Waals surface area contributed by atoms with Gasteiger partial charge in [-0.15, -0.1) is 5.10 Å². The molecular formula is C20H19Br2N3O4S2. The lowest BCUT2D eigenvalue weighted by Gasteiger charge is -2.09. The molecule has 1 fully saturated rings. The van der Waals surface area contributed by atoms with Gasteiger partial charge in [-0.3, -0.25) is 4.79 Å². The van der Waals surface area contributed by atoms with Crippen molar-refractivity contribution >= 4 is 71.0 Å². The van der Waals surface area contributed by atoms with Crippen LogP contribution in [0.5, 0.6) is 5.75 Å². The highest BCUT2D eigenvalue weighted by molar-refractivity contribution is 9.11. The highest BCUT2D eigenvalue weighted by Gasteiger charge is 2.29. The minimum Gasteiger partial charge on any atom is -0.379 e. The Morgan fingerprint density at radius 2 is 2.03 bits per heavy atom. The first-order chi connectivity index (χ1) is 14.8. The highest BCUT2D eigenvalue weighted by Crippen LogP contribution is 2.28. The second-order valence-corrected chi connectivity index (χ2v) is 11.0. The fraction of sp³-hybridized carbons (Fsp3) is 0.250. The van der Waals surface area contributed by atoms with Crippen LogP contribution in [0.2, 0.25) is 0 Å². The second kappa shape index (κ2) is 10.8. The van der Waals surface area contributed by atoms with Crippen LogP contribution in [-0.4, -0.2) is 31.0 Å². The van der Waals surface area contributed by atoms with Gasteiger partial charge < -0.3 is 9.50 Å². The van der Waals surface area contributed by atoms with Crippen molar-refractivity contribution < 1.29 is 17.4 Å². The van der Waals surface area contributed by atoms with Gasteiger partial charge in [-0.05, 0) is 58.2 Å². The summed E-state index contributed by atoms with van der Waals surface area (Å²) in [6, 6.07) is 11.3. The first kappa shape index (κ1) is 24.0. The lowest BCUT2D eigenvalue weighted by atomic mass is 10.2. The van der Waals surface area contributed by atoms with Crippen molar-refractivity contribution in [3.63, 3.8) is 0 Å². The monoisotopic (exact) mass is 587 g/mol. The molecule has 0 aliphatic carbocycles. The van der Waals surface area contributed by atoms with Gasteiger partial charge in [0.1, 0.15) is 10.6 Å². The van der Waals surface area contributed by atoms with E-state index >= 15 is 0 Å². The van der Waals surface area contributed by atoms with E-state index in [4.69, 9.17) is 4.18 Å². The van der Waals surface area contributed by atoms with Crippen LogP contribution in [0.4, 0.5) is 0 Å². The molecule has 1 amide bonds. The zero-order chi connectivity index (χ0) is 22.4. The number of benzene rings is 2. The van der Waals surface area contributed by atoms with Crippen LogP contribution in [0.1, 0.15) is 31.7 Å². The summed E-state index contributed by atoms with van der Waals surface area (Å²) in [5, 5.41) is 11.1. The van der Waals surface area contributed by atoms with Gasteiger partial charge in [-0.1, -0.05) is 59.6 Å². The summed E-state index contributed by atoms with van der Waals surface area (Å²) in [5.74, 6) is 0.0957. The minimum atomic E-state index is -4.04. The lowest BCUT2D eigenvalue weighted by molar-refractivity contribution is -0.118. The maximum atomic E-state index is 12.6. The van der Waals surface area contributed by atoms with Crippen LogP contribution < -0.4 is 9.50 Å². The van der Waals surface area contributed by atoms with Crippen molar-refractivity contribution in [2.24, 2.45) is 10.2 Å². The van der Waals surface area contributed by atoms with Crippen LogP contribution in [0.25, 0.3) is 0 Å². The SMILES string of the molecule is CCCCC1S/C(=N\N=C\c2cccc(OS(=O)(=O)c3cc(Br)ccc3Br)c2)NC1=O. The van der Waals surface area contributed by atoms with E-state index in [-0.39, 0.29) is 21.8 Å². The Bertz CT molecular complexity index is 1140. The molecule has 7 nitrogen and oxygen atoms in total. The fourth-order valence-corrected chi connectivity index (χ4v) is 6.02. The van der Waals surface area contributed by atoms with Gasteiger partial charge in [0.15, 0.2) is 5.17 Å². The second-order valence-electron chi connectivity index (χ2n) is 6.57. The van der Waals surface area contributed by atoms with Crippen molar-refractivity contribution in [1.29, 1.82) is 0 Å². The highest BCUT2D eigenvalue weighted by atomic mass is 79.9. The Labute approximate surface area is 202 Å². The summed E-state index contributed by atoms with van der Waals surface area (Å²) < 4.78 is 31.6. The quantitative estimate of drug-likeness (QED) is 0.263. The van der Waals surface area contributed by atoms with E-state index in [9.17, 15) is 13.2 Å². The zero-order valence-corrected chi connectivity index (χ0v) is 21.2. The van der Waals surface area contributed by atoms with Crippen LogP contribution in [0, 0.1) is 0 Å². The molecule has 1 aliphatic heterocycles. The van der Waals surface area contributed by atoms with E-state index in [0.29, 0.717) is 19.7 Å². The van der Waals surface area contributed by atoms with E-state index < -0.39 is 10.1 Å². The summed E-state index contributed by atoms with van der Waals surface area (Å²) in [7, 11) is -4.04. The number of halogens is 2. The smallest absolute Gasteiger partial charge is 0.340 e. The van der Waals surface area contributed by atoms with Crippen LogP contribution >= 0.6 is 43.6 Å². The number of nitrogens with zero attached hydrogens (tertiary/aromatic N) is 2. The van der Waals surface area contributed by atoms with Crippen molar-refractivity contribution in [1.82, 2.24) is 5.32 Å². The van der Waals surface area contributed by atoms with Crippen molar-refractivity contribution in [3.8, 4) is 5.75 Å². The third-order valence-corrected chi connectivity index (χ3v) is 8.06. The van der Waals surface area contributed by atoms with Gasteiger partial charge in [0.2, 0.25) is 5.91 Å². The summed E-state index contributed by atoms with van der Waals surface area (Å²) in [6.07, 6.45) is 4.28. The van der Waals surface area contributed by atoms with E-state index in [1.165, 1.54) is 36.2 Å². The third kappa shape index (κ3) is 6.64. The molecule has 31 heavy (non-hydrogen) atoms. The molecule has 1 heterocycles. The zero-order valence-electron chi connectivity index (χ0n) is 16.4. The average Bonchev–Trinajstić information content (AvgIpc) is 3.07. The first-order valence-corrected chi connectivity index (χ1v) is 13.2. The Kier molecular flexibility index (Phi) is 8.31. The van der Waals surface area contributed by atoms with Gasteiger partial charge in [-0.25, -0.2) is 0 Å². The van der Waals surface area contributed by atoms with E-state index in [2.05, 4.69) is 54.3 Å². The lowest BCUT2D eigenvalue weighted by Crippen LogP contribution is -2.24. The molecule has 1 saturated heterocycles. The molecule has 164 valence electrons. The fourth-order valence-electron chi connectivity index (χ4n) is 2.67. The predicted octanol–water partition coefficient (Wildman–Crippen LogP) is 5.09. The number of hydrogen-bond acceptors (Lipinski definition) is 7. The Hall–Kier alpha value is -1.69. The standard InChI is InChI=1S/C20H19Br2N3O4S2/c1-2-3-7-17-19(26)24-20(30-17)25-23-12-13-5-4-6-15(10-13)29-31(27,28)18-11-14(21)8-9-16(18)22/h4-6,8-12,17H,2-3,7H2,1H3,(H,24,25,26)/b23-12+. The molecule has 2 aromatic rings. The number of carbonyl (C=O) groups excluding carboxylic acids is 1. The largest absolute Gasteiger partial charge is 0.379 e. The average molecular weight is 589 g/mol. The van der Waals surface area contributed by atoms with Crippen molar-refractivity contribution in [2.45, 2.75) is 36.3 Å². The number of rotatable bonds is 8. The maximum absolute atomic E-state index is 12.6. The van der Waals surface area contributed by atoms with Crippen LogP contribution in [0.15, 0.2) is 66.5 Å². The van der Waals surface area contributed by atoms with Crippen LogP contribution in [-0.2, 0) is 14.9 Å². The van der Waals surface area contributed by atoms with Gasteiger partial charge >= 0.3 is 10.1 Å². The number of nitrogens with one attached hydrogen (secondary N) is 1. The van der Waals surface area contributed by atoms with E-state index in [1.54, 1.807) is 24.3 Å². The Morgan fingerprint density at radius 1 is 1.23 bits per heavy atom. The van der Waals surface area contributed by atoms with E-state index in [1.807, 2.05) is 0 Å². The van der Waals surface area contributed by atoms with Crippen LogP contribution in [0.3, 0.4) is 0 Å². The molecule has 0 aromatic heterocycles. The first-order valence-electron chi connectivity index (χ1n) is 9.36. The number of unbranched alkanes of at least 4 members (excludes halogenated alkanes) is 1. The summed E-state index contributed by atoms with van der Waals surface area (Å²) in [5.41, 5.74) is 0.599. The van der Waals surface area contributed by atoms with Gasteiger partial charge in [0.25, 0.3) is 0 Å². The predicted molar refractivity (Wildman–Crippen MR) is 130 cm³/mol. The molecule has 0 radical (unpaired) electrons. The van der Waals surface area contributed by atoms with E-state index in [0.717, 1.165) is 19.3 Å². The molecule has 3 rings (SSSR count). The molecular weight excluding hydrogens is 570 g/mol. The number of amidine groups is 1. The van der Waals surface area contributed by atoms with Gasteiger partial charge in [0, 0.05) is 8.95 Å². The molecule has 0 saturated carbocycles. The maximum Gasteiger partial charge on any atom is 0.340 e. The molecule has 1 unspecified atom stereocenters. The molecule has 1 atom stereocenters. The van der Waals surface area contributed by atoms with Crippen molar-refractivity contribution in [3.05, 3.63) is 57.0 Å². The van der Waals surface area contributed by atoms with Gasteiger partial charge in [0.05, 0.1) is 11.5 Å². The number of thioether (sulfide) groups is 1. The molecule has 11 heteroatoms. The number of amides is 1. The summed E-state index contributed by atoms with van der Waals surface area (Å²) in [4.78, 5) is 11.9. The van der Waals surface area contributed by atoms with Crippen molar-refractivity contribution in [2.75, 3.05) is 0 Å². The Balaban J connectivity index is 1.69. The third-order valence-electron chi connectivity index (χ3n) is 4.18. The summed E-state index contributed by atoms with van der Waals surface area (Å²) in [6.45, 7) is 2.08.